The topological polar surface area (TPSA) is 118 Å². The molecule has 0 aliphatic carbocycles. The lowest BCUT2D eigenvalue weighted by atomic mass is 9.85. The van der Waals surface area contributed by atoms with Crippen LogP contribution in [0.2, 0.25) is 5.02 Å². The van der Waals surface area contributed by atoms with Crippen LogP contribution in [0.3, 0.4) is 0 Å². The highest BCUT2D eigenvalue weighted by atomic mass is 35.5. The highest BCUT2D eigenvalue weighted by Gasteiger charge is 2.35. The van der Waals surface area contributed by atoms with Crippen molar-refractivity contribution in [2.45, 2.75) is 40.3 Å². The van der Waals surface area contributed by atoms with Crippen LogP contribution >= 0.6 is 11.6 Å². The Morgan fingerprint density at radius 1 is 1.12 bits per heavy atom. The van der Waals surface area contributed by atoms with Crippen LogP contribution in [0.25, 0.3) is 0 Å². The molecule has 33 heavy (non-hydrogen) atoms. The van der Waals surface area contributed by atoms with E-state index in [9.17, 15) is 14.4 Å². The number of nitrogens with zero attached hydrogens (tertiary/aromatic N) is 1. The summed E-state index contributed by atoms with van der Waals surface area (Å²) < 4.78 is 5.80. The molecule has 8 nitrogen and oxygen atoms in total. The smallest absolute Gasteiger partial charge is 0.256 e. The second-order valence-electron chi connectivity index (χ2n) is 9.39. The number of nitrogens with two attached hydrogens (primary N) is 1. The third-order valence-electron chi connectivity index (χ3n) is 5.88. The number of furan rings is 1. The van der Waals surface area contributed by atoms with Gasteiger partial charge in [-0.1, -0.05) is 32.4 Å². The minimum atomic E-state index is -0.645. The monoisotopic (exact) mass is 470 g/mol. The maximum absolute atomic E-state index is 12.9. The van der Waals surface area contributed by atoms with Crippen LogP contribution in [0.15, 0.2) is 38.3 Å². The number of rotatable bonds is 7. The van der Waals surface area contributed by atoms with E-state index in [2.05, 4.69) is 10.6 Å². The van der Waals surface area contributed by atoms with Gasteiger partial charge in [0, 0.05) is 30.2 Å². The van der Waals surface area contributed by atoms with Gasteiger partial charge in [-0.2, -0.15) is 0 Å². The zero-order valence-electron chi connectivity index (χ0n) is 19.0. The predicted octanol–water partition coefficient (Wildman–Crippen LogP) is 3.69. The molecule has 0 saturated heterocycles. The third-order valence-corrected chi connectivity index (χ3v) is 6.23. The minimum Gasteiger partial charge on any atom is -0.464 e. The summed E-state index contributed by atoms with van der Waals surface area (Å²) >= 11 is 6.33. The average Bonchev–Trinajstić information content (AvgIpc) is 3.32. The van der Waals surface area contributed by atoms with E-state index in [0.29, 0.717) is 47.2 Å². The molecule has 0 radical (unpaired) electrons. The summed E-state index contributed by atoms with van der Waals surface area (Å²) in [6.45, 7) is 8.95. The molecule has 174 valence electrons. The molecule has 2 aromatic carbocycles. The Balaban J connectivity index is 1.69. The number of anilines is 3. The van der Waals surface area contributed by atoms with Crippen LogP contribution in [-0.2, 0) is 6.54 Å². The molecule has 1 aliphatic heterocycles. The van der Waals surface area contributed by atoms with Crippen LogP contribution < -0.4 is 27.2 Å². The van der Waals surface area contributed by atoms with Gasteiger partial charge >= 0.3 is 0 Å². The van der Waals surface area contributed by atoms with Gasteiger partial charge in [0.15, 0.2) is 0 Å². The predicted molar refractivity (Wildman–Crippen MR) is 129 cm³/mol. The quantitative estimate of drug-likeness (QED) is 0.450. The number of fused-ring (bicyclic) bond motifs is 1. The van der Waals surface area contributed by atoms with Crippen molar-refractivity contribution in [1.82, 2.24) is 4.90 Å². The van der Waals surface area contributed by atoms with Gasteiger partial charge in [0.1, 0.15) is 22.9 Å². The van der Waals surface area contributed by atoms with E-state index in [0.717, 1.165) is 5.76 Å². The molecule has 1 aliphatic rings. The molecule has 0 spiro atoms. The molecule has 1 amide bonds. The molecular weight excluding hydrogens is 444 g/mol. The summed E-state index contributed by atoms with van der Waals surface area (Å²) in [4.78, 5) is 39.5. The summed E-state index contributed by atoms with van der Waals surface area (Å²) in [6, 6.07) is 6.67. The number of aryl methyl sites for hydroxylation is 1. The summed E-state index contributed by atoms with van der Waals surface area (Å²) in [6.07, 6.45) is 0. The van der Waals surface area contributed by atoms with E-state index in [4.69, 9.17) is 21.8 Å². The zero-order chi connectivity index (χ0) is 24.1. The SMILES string of the molecule is Cc1ccc([C@H](Nc2c(Nc3ccc(Cl)c4c3C(=O)N(CCN)C4)c(=O)c2=O)C(C)(C)C)o1. The fourth-order valence-electron chi connectivity index (χ4n) is 4.13. The molecule has 9 heteroatoms. The zero-order valence-corrected chi connectivity index (χ0v) is 19.8. The van der Waals surface area contributed by atoms with E-state index in [1.54, 1.807) is 17.0 Å². The summed E-state index contributed by atoms with van der Waals surface area (Å²) in [7, 11) is 0. The van der Waals surface area contributed by atoms with Crippen LogP contribution in [-0.4, -0.2) is 23.9 Å². The number of carbonyl (C=O) groups is 1. The maximum atomic E-state index is 12.9. The average molecular weight is 471 g/mol. The van der Waals surface area contributed by atoms with Crippen molar-refractivity contribution in [2.75, 3.05) is 23.7 Å². The number of carbonyl (C=O) groups excluding carboxylic acids is 1. The Kier molecular flexibility index (Phi) is 5.84. The van der Waals surface area contributed by atoms with Crippen molar-refractivity contribution in [3.63, 3.8) is 0 Å². The van der Waals surface area contributed by atoms with Gasteiger partial charge in [-0.05, 0) is 36.6 Å². The molecule has 0 bridgehead atoms. The Hall–Kier alpha value is -3.10. The van der Waals surface area contributed by atoms with Gasteiger partial charge < -0.3 is 25.7 Å². The lowest BCUT2D eigenvalue weighted by molar-refractivity contribution is 0.0784. The van der Waals surface area contributed by atoms with E-state index in [-0.39, 0.29) is 28.7 Å². The van der Waals surface area contributed by atoms with Gasteiger partial charge in [0.2, 0.25) is 0 Å². The van der Waals surface area contributed by atoms with E-state index in [1.165, 1.54) is 0 Å². The lowest BCUT2D eigenvalue weighted by Gasteiger charge is -2.31. The molecule has 1 atom stereocenters. The standard InChI is InChI=1S/C24H27ClN4O4/c1-12-5-8-16(33-12)22(24(2,3)4)28-19-18(20(30)21(19)31)27-15-7-6-14(25)13-11-29(10-9-26)23(32)17(13)15/h5-8,22,27-28H,9-11,26H2,1-4H3/t22-/m0/s1. The van der Waals surface area contributed by atoms with Gasteiger partial charge in [0.25, 0.3) is 16.8 Å². The van der Waals surface area contributed by atoms with E-state index >= 15 is 0 Å². The van der Waals surface area contributed by atoms with Crippen molar-refractivity contribution in [2.24, 2.45) is 11.1 Å². The molecule has 1 aromatic heterocycles. The number of amides is 1. The first-order valence-corrected chi connectivity index (χ1v) is 11.1. The number of nitrogens with one attached hydrogen (secondary N) is 2. The summed E-state index contributed by atoms with van der Waals surface area (Å²) in [5, 5.41) is 6.70. The lowest BCUT2D eigenvalue weighted by Crippen LogP contribution is -2.39. The number of halogens is 1. The maximum Gasteiger partial charge on any atom is 0.256 e. The number of hydrogen-bond donors (Lipinski definition) is 3. The molecule has 0 unspecified atom stereocenters. The Labute approximate surface area is 196 Å². The van der Waals surface area contributed by atoms with Gasteiger partial charge in [-0.15, -0.1) is 0 Å². The third kappa shape index (κ3) is 4.05. The van der Waals surface area contributed by atoms with Gasteiger partial charge in [-0.25, -0.2) is 0 Å². The molecule has 4 N–H and O–H groups in total. The Morgan fingerprint density at radius 2 is 1.82 bits per heavy atom. The number of benzene rings is 1. The molecule has 2 heterocycles. The number of hydrogen-bond acceptors (Lipinski definition) is 7. The van der Waals surface area contributed by atoms with Gasteiger partial charge in [-0.3, -0.25) is 14.4 Å². The Morgan fingerprint density at radius 3 is 2.42 bits per heavy atom. The first kappa shape index (κ1) is 23.1. The van der Waals surface area contributed by atoms with E-state index in [1.807, 2.05) is 39.8 Å². The fourth-order valence-corrected chi connectivity index (χ4v) is 4.35. The van der Waals surface area contributed by atoms with Crippen molar-refractivity contribution < 1.29 is 9.21 Å². The second-order valence-corrected chi connectivity index (χ2v) is 9.80. The highest BCUT2D eigenvalue weighted by Crippen LogP contribution is 2.39. The summed E-state index contributed by atoms with van der Waals surface area (Å²) in [5.74, 6) is 1.20. The Bertz CT molecular complexity index is 1300. The summed E-state index contributed by atoms with van der Waals surface area (Å²) in [5.41, 5.74) is 5.83. The van der Waals surface area contributed by atoms with Crippen molar-refractivity contribution >= 4 is 34.6 Å². The first-order chi connectivity index (χ1) is 15.5. The van der Waals surface area contributed by atoms with Crippen LogP contribution in [0, 0.1) is 12.3 Å². The van der Waals surface area contributed by atoms with Gasteiger partial charge in [0.05, 0.1) is 17.3 Å². The van der Waals surface area contributed by atoms with Crippen molar-refractivity contribution in [3.05, 3.63) is 72.4 Å². The van der Waals surface area contributed by atoms with Crippen LogP contribution in [0.1, 0.15) is 54.3 Å². The first-order valence-electron chi connectivity index (χ1n) is 10.8. The van der Waals surface area contributed by atoms with Crippen LogP contribution in [0.4, 0.5) is 17.1 Å². The molecule has 0 fully saturated rings. The van der Waals surface area contributed by atoms with Crippen LogP contribution in [0.5, 0.6) is 0 Å². The normalized spacial score (nSPS) is 14.6. The molecule has 4 rings (SSSR count). The van der Waals surface area contributed by atoms with Crippen molar-refractivity contribution in [3.8, 4) is 0 Å². The molecule has 0 saturated carbocycles. The highest BCUT2D eigenvalue weighted by molar-refractivity contribution is 6.32. The van der Waals surface area contributed by atoms with E-state index < -0.39 is 10.9 Å². The fraction of sp³-hybridized carbons (Fsp3) is 0.375. The second kappa shape index (κ2) is 8.35. The minimum absolute atomic E-state index is 0.118. The molecule has 3 aromatic rings. The van der Waals surface area contributed by atoms with Crippen molar-refractivity contribution in [1.29, 1.82) is 0 Å². The largest absolute Gasteiger partial charge is 0.464 e. The molecular formula is C24H27ClN4O4.